The standard InChI is InChI=1S/C14H18BrN3S/c1-2-8-18-9-7-17-14(18)12(16)10-19-13-6-4-3-5-11(13)15/h3-7,9,12H,2,8,10,16H2,1H3. The predicted molar refractivity (Wildman–Crippen MR) is 84.3 cm³/mol. The Morgan fingerprint density at radius 1 is 1.42 bits per heavy atom. The number of nitrogens with zero attached hydrogens (tertiary/aromatic N) is 2. The lowest BCUT2D eigenvalue weighted by Crippen LogP contribution is -2.18. The van der Waals surface area contributed by atoms with Gasteiger partial charge in [-0.3, -0.25) is 0 Å². The molecule has 1 aromatic carbocycles. The van der Waals surface area contributed by atoms with Gasteiger partial charge in [-0.05, 0) is 34.5 Å². The van der Waals surface area contributed by atoms with Crippen molar-refractivity contribution in [1.29, 1.82) is 0 Å². The smallest absolute Gasteiger partial charge is 0.126 e. The number of thioether (sulfide) groups is 1. The van der Waals surface area contributed by atoms with E-state index < -0.39 is 0 Å². The highest BCUT2D eigenvalue weighted by atomic mass is 79.9. The van der Waals surface area contributed by atoms with Crippen molar-refractivity contribution in [1.82, 2.24) is 9.55 Å². The quantitative estimate of drug-likeness (QED) is 0.813. The minimum absolute atomic E-state index is 0.0429. The van der Waals surface area contributed by atoms with Gasteiger partial charge in [0.1, 0.15) is 5.82 Å². The van der Waals surface area contributed by atoms with E-state index in [1.165, 1.54) is 4.90 Å². The van der Waals surface area contributed by atoms with Gasteiger partial charge >= 0.3 is 0 Å². The van der Waals surface area contributed by atoms with Crippen LogP contribution in [0, 0.1) is 0 Å². The number of hydrogen-bond acceptors (Lipinski definition) is 3. The van der Waals surface area contributed by atoms with Crippen LogP contribution in [-0.2, 0) is 6.54 Å². The van der Waals surface area contributed by atoms with E-state index in [0.29, 0.717) is 0 Å². The van der Waals surface area contributed by atoms with E-state index in [1.807, 2.05) is 30.6 Å². The molecule has 0 aliphatic rings. The van der Waals surface area contributed by atoms with Gasteiger partial charge in [0.15, 0.2) is 0 Å². The van der Waals surface area contributed by atoms with Crippen LogP contribution in [0.15, 0.2) is 46.0 Å². The third-order valence-electron chi connectivity index (χ3n) is 2.80. The first-order chi connectivity index (χ1) is 9.22. The summed E-state index contributed by atoms with van der Waals surface area (Å²) in [7, 11) is 0. The van der Waals surface area contributed by atoms with E-state index in [0.717, 1.165) is 29.0 Å². The topological polar surface area (TPSA) is 43.8 Å². The molecule has 19 heavy (non-hydrogen) atoms. The maximum absolute atomic E-state index is 6.25. The average molecular weight is 340 g/mol. The molecule has 1 aromatic heterocycles. The zero-order valence-corrected chi connectivity index (χ0v) is 13.3. The van der Waals surface area contributed by atoms with E-state index in [-0.39, 0.29) is 6.04 Å². The molecule has 0 saturated carbocycles. The van der Waals surface area contributed by atoms with Gasteiger partial charge in [0, 0.05) is 34.1 Å². The summed E-state index contributed by atoms with van der Waals surface area (Å²) in [4.78, 5) is 5.60. The molecule has 1 heterocycles. The lowest BCUT2D eigenvalue weighted by atomic mass is 10.3. The number of nitrogens with two attached hydrogens (primary N) is 1. The van der Waals surface area contributed by atoms with E-state index in [9.17, 15) is 0 Å². The Hall–Kier alpha value is -0.780. The number of aromatic nitrogens is 2. The van der Waals surface area contributed by atoms with Crippen molar-refractivity contribution in [3.8, 4) is 0 Å². The van der Waals surface area contributed by atoms with Gasteiger partial charge in [0.05, 0.1) is 6.04 Å². The van der Waals surface area contributed by atoms with E-state index in [1.54, 1.807) is 11.8 Å². The number of imidazole rings is 1. The summed E-state index contributed by atoms with van der Waals surface area (Å²) < 4.78 is 3.26. The predicted octanol–water partition coefficient (Wildman–Crippen LogP) is 3.85. The second-order valence-electron chi connectivity index (χ2n) is 4.33. The molecule has 0 spiro atoms. The first-order valence-electron chi connectivity index (χ1n) is 6.36. The summed E-state index contributed by atoms with van der Waals surface area (Å²) in [6.07, 6.45) is 4.92. The Kier molecular flexibility index (Phi) is 5.48. The maximum Gasteiger partial charge on any atom is 0.126 e. The molecule has 2 N–H and O–H groups in total. The Morgan fingerprint density at radius 3 is 2.95 bits per heavy atom. The van der Waals surface area contributed by atoms with Crippen molar-refractivity contribution in [2.24, 2.45) is 5.73 Å². The highest BCUT2D eigenvalue weighted by Gasteiger charge is 2.13. The lowest BCUT2D eigenvalue weighted by molar-refractivity contribution is 0.603. The fraction of sp³-hybridized carbons (Fsp3) is 0.357. The molecule has 3 nitrogen and oxygen atoms in total. The van der Waals surface area contributed by atoms with Crippen LogP contribution in [0.25, 0.3) is 0 Å². The zero-order valence-electron chi connectivity index (χ0n) is 10.9. The fourth-order valence-electron chi connectivity index (χ4n) is 1.90. The van der Waals surface area contributed by atoms with Gasteiger partial charge < -0.3 is 10.3 Å². The van der Waals surface area contributed by atoms with E-state index >= 15 is 0 Å². The Bertz CT molecular complexity index is 527. The van der Waals surface area contributed by atoms with Crippen LogP contribution in [0.4, 0.5) is 0 Å². The van der Waals surface area contributed by atoms with E-state index in [4.69, 9.17) is 5.73 Å². The van der Waals surface area contributed by atoms with Crippen LogP contribution >= 0.6 is 27.7 Å². The van der Waals surface area contributed by atoms with Crippen molar-refractivity contribution in [3.63, 3.8) is 0 Å². The minimum Gasteiger partial charge on any atom is -0.334 e. The zero-order chi connectivity index (χ0) is 13.7. The number of rotatable bonds is 6. The molecule has 2 rings (SSSR count). The van der Waals surface area contributed by atoms with Crippen LogP contribution in [0.3, 0.4) is 0 Å². The average Bonchev–Trinajstić information content (AvgIpc) is 2.86. The molecule has 0 aliphatic carbocycles. The largest absolute Gasteiger partial charge is 0.334 e. The number of benzene rings is 1. The summed E-state index contributed by atoms with van der Waals surface area (Å²) in [5.74, 6) is 1.80. The Labute approximate surface area is 126 Å². The Morgan fingerprint density at radius 2 is 2.21 bits per heavy atom. The summed E-state index contributed by atoms with van der Waals surface area (Å²) in [6.45, 7) is 3.13. The van der Waals surface area contributed by atoms with Crippen molar-refractivity contribution in [2.75, 3.05) is 5.75 Å². The lowest BCUT2D eigenvalue weighted by Gasteiger charge is -2.13. The van der Waals surface area contributed by atoms with Gasteiger partial charge in [0.2, 0.25) is 0 Å². The number of halogens is 1. The van der Waals surface area contributed by atoms with Gasteiger partial charge in [0.25, 0.3) is 0 Å². The van der Waals surface area contributed by atoms with Gasteiger partial charge in [-0.25, -0.2) is 4.98 Å². The van der Waals surface area contributed by atoms with Crippen molar-refractivity contribution >= 4 is 27.7 Å². The molecule has 2 aromatic rings. The molecule has 0 fully saturated rings. The van der Waals surface area contributed by atoms with Crippen molar-refractivity contribution in [3.05, 3.63) is 47.0 Å². The molecule has 0 amide bonds. The van der Waals surface area contributed by atoms with Gasteiger partial charge in [-0.1, -0.05) is 19.1 Å². The third kappa shape index (κ3) is 3.84. The normalized spacial score (nSPS) is 12.6. The van der Waals surface area contributed by atoms with Crippen LogP contribution < -0.4 is 5.73 Å². The van der Waals surface area contributed by atoms with Gasteiger partial charge in [-0.15, -0.1) is 11.8 Å². The summed E-state index contributed by atoms with van der Waals surface area (Å²) in [5, 5.41) is 0. The fourth-order valence-corrected chi connectivity index (χ4v) is 3.41. The molecular weight excluding hydrogens is 322 g/mol. The SMILES string of the molecule is CCCn1ccnc1C(N)CSc1ccccc1Br. The molecule has 0 radical (unpaired) electrons. The molecule has 1 unspecified atom stereocenters. The van der Waals surface area contributed by atoms with Crippen molar-refractivity contribution < 1.29 is 0 Å². The highest BCUT2D eigenvalue weighted by molar-refractivity contribution is 9.10. The monoisotopic (exact) mass is 339 g/mol. The first kappa shape index (κ1) is 14.6. The number of aryl methyl sites for hydroxylation is 1. The molecule has 102 valence electrons. The maximum atomic E-state index is 6.25. The van der Waals surface area contributed by atoms with Gasteiger partial charge in [-0.2, -0.15) is 0 Å². The second-order valence-corrected chi connectivity index (χ2v) is 6.24. The molecular formula is C14H18BrN3S. The number of hydrogen-bond donors (Lipinski definition) is 1. The molecule has 0 bridgehead atoms. The molecule has 5 heteroatoms. The minimum atomic E-state index is -0.0429. The van der Waals surface area contributed by atoms with Crippen molar-refractivity contribution in [2.45, 2.75) is 30.8 Å². The van der Waals surface area contributed by atoms with Crippen LogP contribution in [-0.4, -0.2) is 15.3 Å². The van der Waals surface area contributed by atoms with Crippen LogP contribution in [0.1, 0.15) is 25.2 Å². The molecule has 0 aliphatic heterocycles. The Balaban J connectivity index is 1.99. The van der Waals surface area contributed by atoms with Crippen LogP contribution in [0.5, 0.6) is 0 Å². The third-order valence-corrected chi connectivity index (χ3v) is 4.95. The molecule has 0 saturated heterocycles. The van der Waals surface area contributed by atoms with Crippen LogP contribution in [0.2, 0.25) is 0 Å². The van der Waals surface area contributed by atoms with E-state index in [2.05, 4.69) is 38.5 Å². The summed E-state index contributed by atoms with van der Waals surface area (Å²) >= 11 is 5.31. The first-order valence-corrected chi connectivity index (χ1v) is 8.14. The molecule has 1 atom stereocenters. The summed E-state index contributed by atoms with van der Waals surface area (Å²) in [6, 6.07) is 8.16. The summed E-state index contributed by atoms with van der Waals surface area (Å²) in [5.41, 5.74) is 6.25. The highest BCUT2D eigenvalue weighted by Crippen LogP contribution is 2.29. The second kappa shape index (κ2) is 7.12.